The van der Waals surface area contributed by atoms with Crippen LogP contribution in [0.4, 0.5) is 17.6 Å². The molecular formula is C17H17N5O. The molecular weight excluding hydrogens is 290 g/mol. The van der Waals surface area contributed by atoms with Crippen molar-refractivity contribution in [2.75, 3.05) is 11.1 Å². The first-order valence-electron chi connectivity index (χ1n) is 7.19. The van der Waals surface area contributed by atoms with Crippen molar-refractivity contribution in [3.63, 3.8) is 0 Å². The first kappa shape index (κ1) is 14.8. The van der Waals surface area contributed by atoms with Crippen LogP contribution in [0.1, 0.15) is 11.1 Å². The van der Waals surface area contributed by atoms with E-state index in [-0.39, 0.29) is 12.0 Å². The smallest absolute Gasteiger partial charge is 0.328 e. The average molecular weight is 307 g/mol. The average Bonchev–Trinajstić information content (AvgIpc) is 2.51. The number of nitrogen functional groups attached to an aromatic ring is 1. The van der Waals surface area contributed by atoms with Gasteiger partial charge in [-0.3, -0.25) is 0 Å². The normalized spacial score (nSPS) is 10.3. The molecule has 0 bridgehead atoms. The number of ether oxygens (including phenoxy) is 1. The quantitative estimate of drug-likeness (QED) is 0.766. The third kappa shape index (κ3) is 3.74. The molecule has 0 radical (unpaired) electrons. The van der Waals surface area contributed by atoms with Crippen LogP contribution >= 0.6 is 0 Å². The van der Waals surface area contributed by atoms with E-state index < -0.39 is 0 Å². The Kier molecular flexibility index (Phi) is 4.05. The van der Waals surface area contributed by atoms with Crippen molar-refractivity contribution in [2.24, 2.45) is 0 Å². The van der Waals surface area contributed by atoms with Crippen molar-refractivity contribution >= 4 is 17.6 Å². The molecule has 0 amide bonds. The van der Waals surface area contributed by atoms with Crippen molar-refractivity contribution in [2.45, 2.75) is 13.8 Å². The van der Waals surface area contributed by atoms with Gasteiger partial charge in [0, 0.05) is 5.69 Å². The van der Waals surface area contributed by atoms with Crippen LogP contribution in [0.5, 0.6) is 11.8 Å². The number of benzene rings is 2. The Bertz CT molecular complexity index is 820. The summed E-state index contributed by atoms with van der Waals surface area (Å²) in [4.78, 5) is 12.4. The lowest BCUT2D eigenvalue weighted by Crippen LogP contribution is -2.05. The van der Waals surface area contributed by atoms with E-state index in [9.17, 15) is 0 Å². The van der Waals surface area contributed by atoms with Crippen LogP contribution in [0.3, 0.4) is 0 Å². The summed E-state index contributed by atoms with van der Waals surface area (Å²) >= 11 is 0. The lowest BCUT2D eigenvalue weighted by Gasteiger charge is -2.10. The third-order valence-corrected chi connectivity index (χ3v) is 3.21. The molecule has 0 atom stereocenters. The molecule has 116 valence electrons. The summed E-state index contributed by atoms with van der Waals surface area (Å²) in [6, 6.07) is 15.7. The summed E-state index contributed by atoms with van der Waals surface area (Å²) < 4.78 is 5.77. The second-order valence-corrected chi connectivity index (χ2v) is 5.16. The lowest BCUT2D eigenvalue weighted by atomic mass is 10.1. The van der Waals surface area contributed by atoms with Gasteiger partial charge >= 0.3 is 6.01 Å². The van der Waals surface area contributed by atoms with Crippen molar-refractivity contribution in [3.8, 4) is 11.8 Å². The molecule has 2 aromatic carbocycles. The standard InChI is InChI=1S/C17H17N5O/c1-11-8-9-12(2)14(10-11)23-17-21-15(18)20-16(22-17)19-13-6-4-3-5-7-13/h3-10H,1-2H3,(H3,18,19,20,21,22). The van der Waals surface area contributed by atoms with Gasteiger partial charge in [-0.15, -0.1) is 0 Å². The molecule has 3 aromatic rings. The van der Waals surface area contributed by atoms with Gasteiger partial charge in [0.25, 0.3) is 0 Å². The summed E-state index contributed by atoms with van der Waals surface area (Å²) in [6.07, 6.45) is 0. The van der Waals surface area contributed by atoms with Crippen LogP contribution in [0.2, 0.25) is 0 Å². The fourth-order valence-electron chi connectivity index (χ4n) is 2.04. The minimum absolute atomic E-state index is 0.0961. The molecule has 1 heterocycles. The fraction of sp³-hybridized carbons (Fsp3) is 0.118. The molecule has 1 aromatic heterocycles. The van der Waals surface area contributed by atoms with E-state index in [1.807, 2.05) is 62.4 Å². The van der Waals surface area contributed by atoms with Gasteiger partial charge < -0.3 is 15.8 Å². The van der Waals surface area contributed by atoms with Crippen molar-refractivity contribution < 1.29 is 4.74 Å². The van der Waals surface area contributed by atoms with Gasteiger partial charge in [0.2, 0.25) is 11.9 Å². The number of rotatable bonds is 4. The van der Waals surface area contributed by atoms with Gasteiger partial charge in [-0.05, 0) is 43.2 Å². The zero-order valence-electron chi connectivity index (χ0n) is 12.9. The van der Waals surface area contributed by atoms with Crippen LogP contribution in [0, 0.1) is 13.8 Å². The van der Waals surface area contributed by atoms with Crippen molar-refractivity contribution in [1.82, 2.24) is 15.0 Å². The summed E-state index contributed by atoms with van der Waals surface area (Å²) in [5, 5.41) is 3.07. The summed E-state index contributed by atoms with van der Waals surface area (Å²) in [5.74, 6) is 1.13. The molecule has 0 aliphatic carbocycles. The second-order valence-electron chi connectivity index (χ2n) is 5.16. The first-order chi connectivity index (χ1) is 11.1. The first-order valence-corrected chi connectivity index (χ1v) is 7.19. The van der Waals surface area contributed by atoms with Crippen LogP contribution in [0.25, 0.3) is 0 Å². The predicted octanol–water partition coefficient (Wildman–Crippen LogP) is 3.61. The molecule has 3 rings (SSSR count). The maximum absolute atomic E-state index is 5.77. The van der Waals surface area contributed by atoms with E-state index in [0.717, 1.165) is 16.8 Å². The Morgan fingerprint density at radius 2 is 1.74 bits per heavy atom. The van der Waals surface area contributed by atoms with Gasteiger partial charge in [-0.1, -0.05) is 30.3 Å². The zero-order valence-corrected chi connectivity index (χ0v) is 12.9. The van der Waals surface area contributed by atoms with E-state index in [1.54, 1.807) is 0 Å². The Morgan fingerprint density at radius 1 is 0.957 bits per heavy atom. The third-order valence-electron chi connectivity index (χ3n) is 3.21. The number of nitrogens with zero attached hydrogens (tertiary/aromatic N) is 3. The number of hydrogen-bond donors (Lipinski definition) is 2. The molecule has 0 aliphatic heterocycles. The van der Waals surface area contributed by atoms with Crippen LogP contribution in [-0.4, -0.2) is 15.0 Å². The number of aromatic nitrogens is 3. The van der Waals surface area contributed by atoms with E-state index in [1.165, 1.54) is 0 Å². The Morgan fingerprint density at radius 3 is 2.52 bits per heavy atom. The van der Waals surface area contributed by atoms with Crippen molar-refractivity contribution in [1.29, 1.82) is 0 Å². The molecule has 0 fully saturated rings. The van der Waals surface area contributed by atoms with E-state index >= 15 is 0 Å². The number of nitrogens with one attached hydrogen (secondary N) is 1. The molecule has 0 aliphatic rings. The van der Waals surface area contributed by atoms with Gasteiger partial charge in [0.05, 0.1) is 0 Å². The summed E-state index contributed by atoms with van der Waals surface area (Å²) in [7, 11) is 0. The Hall–Kier alpha value is -3.15. The molecule has 0 saturated heterocycles. The molecule has 3 N–H and O–H groups in total. The summed E-state index contributed by atoms with van der Waals surface area (Å²) in [6.45, 7) is 3.96. The second kappa shape index (κ2) is 6.31. The highest BCUT2D eigenvalue weighted by Gasteiger charge is 2.09. The Labute approximate surface area is 134 Å². The SMILES string of the molecule is Cc1ccc(C)c(Oc2nc(N)nc(Nc3ccccc3)n2)c1. The Balaban J connectivity index is 1.87. The molecule has 0 saturated carbocycles. The molecule has 0 unspecified atom stereocenters. The van der Waals surface area contributed by atoms with Crippen LogP contribution in [-0.2, 0) is 0 Å². The largest absolute Gasteiger partial charge is 0.424 e. The number of hydrogen-bond acceptors (Lipinski definition) is 6. The van der Waals surface area contributed by atoms with Crippen LogP contribution < -0.4 is 15.8 Å². The van der Waals surface area contributed by atoms with Gasteiger partial charge in [0.1, 0.15) is 5.75 Å². The maximum Gasteiger partial charge on any atom is 0.328 e. The monoisotopic (exact) mass is 307 g/mol. The van der Waals surface area contributed by atoms with E-state index in [0.29, 0.717) is 11.7 Å². The lowest BCUT2D eigenvalue weighted by molar-refractivity contribution is 0.438. The number of para-hydroxylation sites is 1. The minimum atomic E-state index is 0.0961. The van der Waals surface area contributed by atoms with E-state index in [4.69, 9.17) is 10.5 Å². The zero-order chi connectivity index (χ0) is 16.2. The van der Waals surface area contributed by atoms with Gasteiger partial charge in [0.15, 0.2) is 0 Å². The fourth-order valence-corrected chi connectivity index (χ4v) is 2.04. The highest BCUT2D eigenvalue weighted by molar-refractivity contribution is 5.53. The molecule has 6 nitrogen and oxygen atoms in total. The van der Waals surface area contributed by atoms with Crippen LogP contribution in [0.15, 0.2) is 48.5 Å². The number of anilines is 3. The topological polar surface area (TPSA) is 86.0 Å². The number of nitrogens with two attached hydrogens (primary N) is 1. The highest BCUT2D eigenvalue weighted by Crippen LogP contribution is 2.25. The molecule has 23 heavy (non-hydrogen) atoms. The van der Waals surface area contributed by atoms with Gasteiger partial charge in [-0.25, -0.2) is 0 Å². The minimum Gasteiger partial charge on any atom is -0.424 e. The summed E-state index contributed by atoms with van der Waals surface area (Å²) in [5.41, 5.74) is 8.70. The number of aryl methyl sites for hydroxylation is 2. The van der Waals surface area contributed by atoms with Crippen molar-refractivity contribution in [3.05, 3.63) is 59.7 Å². The van der Waals surface area contributed by atoms with Gasteiger partial charge in [-0.2, -0.15) is 15.0 Å². The van der Waals surface area contributed by atoms with E-state index in [2.05, 4.69) is 20.3 Å². The predicted molar refractivity (Wildman–Crippen MR) is 90.0 cm³/mol. The molecule has 6 heteroatoms. The highest BCUT2D eigenvalue weighted by atomic mass is 16.5. The molecule has 0 spiro atoms. The maximum atomic E-state index is 5.77.